The molecular formula is C47H56FN3O9. The minimum atomic E-state index is -1.56. The molecular weight excluding hydrogens is 770 g/mol. The van der Waals surface area contributed by atoms with E-state index < -0.39 is 40.0 Å². The lowest BCUT2D eigenvalue weighted by Crippen LogP contribution is -2.70. The Morgan fingerprint density at radius 3 is 2.40 bits per heavy atom. The van der Waals surface area contributed by atoms with Gasteiger partial charge < -0.3 is 34.5 Å². The maximum atomic E-state index is 14.9. The summed E-state index contributed by atoms with van der Waals surface area (Å²) in [5.41, 5.74) is 2.70. The summed E-state index contributed by atoms with van der Waals surface area (Å²) in [6.45, 7) is 9.86. The predicted molar refractivity (Wildman–Crippen MR) is 227 cm³/mol. The number of oxime groups is 1. The molecule has 1 heterocycles. The van der Waals surface area contributed by atoms with Gasteiger partial charge >= 0.3 is 0 Å². The normalized spacial score (nSPS) is 23.9. The number of phenols is 1. The quantitative estimate of drug-likeness (QED) is 0.0375. The lowest BCUT2D eigenvalue weighted by Gasteiger charge is -2.60. The molecule has 1 amide bonds. The number of aromatic hydroxyl groups is 1. The third kappa shape index (κ3) is 9.97. The second-order valence-electron chi connectivity index (χ2n) is 16.8. The van der Waals surface area contributed by atoms with Crippen LogP contribution in [0.1, 0.15) is 88.3 Å². The van der Waals surface area contributed by atoms with E-state index in [1.165, 1.54) is 30.3 Å². The fourth-order valence-electron chi connectivity index (χ4n) is 8.95. The molecule has 60 heavy (non-hydrogen) atoms. The van der Waals surface area contributed by atoms with Crippen LogP contribution in [0.25, 0.3) is 6.08 Å². The fraction of sp³-hybridized carbons (Fsp3) is 0.447. The van der Waals surface area contributed by atoms with Crippen LogP contribution >= 0.6 is 0 Å². The maximum Gasteiger partial charge on any atom is 0.269 e. The molecule has 3 N–H and O–H groups in total. The van der Waals surface area contributed by atoms with Gasteiger partial charge in [0, 0.05) is 55.9 Å². The summed E-state index contributed by atoms with van der Waals surface area (Å²) < 4.78 is 28.5. The van der Waals surface area contributed by atoms with Crippen LogP contribution in [0.2, 0.25) is 0 Å². The van der Waals surface area contributed by atoms with Crippen molar-refractivity contribution in [3.05, 3.63) is 130 Å². The Morgan fingerprint density at radius 1 is 1.05 bits per heavy atom. The van der Waals surface area contributed by atoms with Gasteiger partial charge in [-0.3, -0.25) is 14.9 Å². The number of nitrogens with zero attached hydrogens (tertiary/aromatic N) is 3. The number of halogens is 1. The number of carbonyl (C=O) groups excluding carboxylic acids is 1. The summed E-state index contributed by atoms with van der Waals surface area (Å²) in [4.78, 5) is 33.6. The number of nitro benzene ring substituents is 1. The van der Waals surface area contributed by atoms with Crippen LogP contribution in [-0.4, -0.2) is 74.0 Å². The fourth-order valence-corrected chi connectivity index (χ4v) is 8.95. The summed E-state index contributed by atoms with van der Waals surface area (Å²) in [6, 6.07) is 15.9. The molecule has 3 aromatic rings. The molecule has 12 nitrogen and oxygen atoms in total. The number of carbonyl (C=O) groups is 1. The first-order valence-corrected chi connectivity index (χ1v) is 20.7. The first-order valence-electron chi connectivity index (χ1n) is 20.7. The van der Waals surface area contributed by atoms with Gasteiger partial charge in [0.1, 0.15) is 29.0 Å². The van der Waals surface area contributed by atoms with E-state index in [1.54, 1.807) is 59.5 Å². The summed E-state index contributed by atoms with van der Waals surface area (Å²) in [6.07, 6.45) is 11.2. The zero-order valence-corrected chi connectivity index (χ0v) is 34.5. The van der Waals surface area contributed by atoms with Crippen LogP contribution in [0.5, 0.6) is 11.5 Å². The van der Waals surface area contributed by atoms with E-state index in [4.69, 9.17) is 19.5 Å². The average Bonchev–Trinajstić information content (AvgIpc) is 3.22. The Hall–Kier alpha value is -5.37. The molecule has 3 aliphatic rings. The first kappa shape index (κ1) is 44.2. The highest BCUT2D eigenvalue weighted by Gasteiger charge is 2.65. The van der Waals surface area contributed by atoms with Crippen molar-refractivity contribution in [1.29, 1.82) is 0 Å². The summed E-state index contributed by atoms with van der Waals surface area (Å²) in [5, 5.41) is 46.8. The Labute approximate surface area is 350 Å². The second kappa shape index (κ2) is 19.3. The standard InChI is InChI=1S/C47H56FN3O9/c1-5-26-58-47-42(50(30-32-12-17-34(48)18-13-32)43(55)23-16-31-14-19-35(20-15-31)51(56)57)29-40(49-60-46(2,3)4)38-27-33(10-6-8-24-52)37(11-7-9-25-53)44(45(38)47)39-28-36(54)21-22-41(39)59-47/h5,12-23,27-28,33,37,42,44-45,52-54H,1,6-11,24-26,29-30H2,2-4H3. The van der Waals surface area contributed by atoms with Gasteiger partial charge in [0.2, 0.25) is 11.7 Å². The lowest BCUT2D eigenvalue weighted by molar-refractivity contribution is -0.384. The van der Waals surface area contributed by atoms with E-state index in [0.717, 1.165) is 36.8 Å². The smallest absolute Gasteiger partial charge is 0.269 e. The third-order valence-electron chi connectivity index (χ3n) is 11.5. The largest absolute Gasteiger partial charge is 0.508 e. The third-order valence-corrected chi connectivity index (χ3v) is 11.5. The molecule has 6 atom stereocenters. The minimum absolute atomic E-state index is 0.00913. The molecule has 0 aromatic heterocycles. The predicted octanol–water partition coefficient (Wildman–Crippen LogP) is 8.61. The number of phenolic OH excluding ortho intramolecular Hbond substituents is 1. The van der Waals surface area contributed by atoms with E-state index >= 15 is 0 Å². The summed E-state index contributed by atoms with van der Waals surface area (Å²) >= 11 is 0. The zero-order chi connectivity index (χ0) is 43.0. The molecule has 0 bridgehead atoms. The molecule has 1 fully saturated rings. The van der Waals surface area contributed by atoms with Gasteiger partial charge in [0.15, 0.2) is 0 Å². The number of aliphatic hydroxyl groups excluding tert-OH is 2. The van der Waals surface area contributed by atoms with Gasteiger partial charge in [0.25, 0.3) is 5.69 Å². The number of ether oxygens (including phenoxy) is 2. The van der Waals surface area contributed by atoms with E-state index in [0.29, 0.717) is 35.4 Å². The number of benzene rings is 3. The Balaban J connectivity index is 1.59. The highest BCUT2D eigenvalue weighted by atomic mass is 19.1. The number of hydrogen-bond donors (Lipinski definition) is 3. The van der Waals surface area contributed by atoms with Crippen LogP contribution in [0.4, 0.5) is 10.1 Å². The SMILES string of the molecule is C=CCOC12Oc3ccc(O)cc3C3C(CCCCO)C(CCCCO)C=C(C(=NOC(C)(C)C)CC1N(Cc1ccc(F)cc1)C(=O)C=Cc1ccc([N+](=O)[O-])cc1)C32. The topological polar surface area (TPSA) is 164 Å². The maximum absolute atomic E-state index is 14.9. The van der Waals surface area contributed by atoms with Crippen LogP contribution in [0.3, 0.4) is 0 Å². The number of non-ortho nitro benzene ring substituents is 1. The van der Waals surface area contributed by atoms with Gasteiger partial charge in [0.05, 0.1) is 23.2 Å². The highest BCUT2D eigenvalue weighted by Crippen LogP contribution is 2.62. The van der Waals surface area contributed by atoms with Crippen molar-refractivity contribution in [1.82, 2.24) is 4.90 Å². The van der Waals surface area contributed by atoms with E-state index in [9.17, 15) is 34.6 Å². The molecule has 3 aromatic carbocycles. The molecule has 0 spiro atoms. The zero-order valence-electron chi connectivity index (χ0n) is 34.5. The molecule has 2 aliphatic carbocycles. The molecule has 6 unspecified atom stereocenters. The van der Waals surface area contributed by atoms with Crippen molar-refractivity contribution in [3.63, 3.8) is 0 Å². The van der Waals surface area contributed by atoms with Gasteiger partial charge in [-0.1, -0.05) is 42.3 Å². The van der Waals surface area contributed by atoms with Crippen LogP contribution < -0.4 is 4.74 Å². The van der Waals surface area contributed by atoms with Crippen molar-refractivity contribution >= 4 is 23.4 Å². The summed E-state index contributed by atoms with van der Waals surface area (Å²) in [7, 11) is 0. The van der Waals surface area contributed by atoms with Gasteiger partial charge in [-0.05, 0) is 124 Å². The van der Waals surface area contributed by atoms with Gasteiger partial charge in [-0.15, -0.1) is 6.58 Å². The second-order valence-corrected chi connectivity index (χ2v) is 16.8. The number of amides is 1. The number of allylic oxidation sites excluding steroid dienone is 1. The van der Waals surface area contributed by atoms with Crippen molar-refractivity contribution in [2.45, 2.75) is 95.6 Å². The van der Waals surface area contributed by atoms with Crippen molar-refractivity contribution in [2.24, 2.45) is 22.9 Å². The average molecular weight is 826 g/mol. The number of unbranched alkanes of at least 4 members (excludes halogenated alkanes) is 2. The van der Waals surface area contributed by atoms with Gasteiger partial charge in [-0.2, -0.15) is 0 Å². The minimum Gasteiger partial charge on any atom is -0.508 e. The van der Waals surface area contributed by atoms with Crippen LogP contribution in [-0.2, 0) is 20.9 Å². The first-order chi connectivity index (χ1) is 28.8. The van der Waals surface area contributed by atoms with Crippen LogP contribution in [0.15, 0.2) is 102 Å². The van der Waals surface area contributed by atoms with E-state index in [1.807, 2.05) is 20.8 Å². The lowest BCUT2D eigenvalue weighted by atomic mass is 9.55. The van der Waals surface area contributed by atoms with Gasteiger partial charge in [-0.25, -0.2) is 4.39 Å². The summed E-state index contributed by atoms with van der Waals surface area (Å²) in [5.74, 6) is -2.80. The molecule has 13 heteroatoms. The molecule has 320 valence electrons. The molecule has 1 aliphatic heterocycles. The Morgan fingerprint density at radius 2 is 1.75 bits per heavy atom. The van der Waals surface area contributed by atoms with E-state index in [-0.39, 0.29) is 62.0 Å². The Kier molecular flexibility index (Phi) is 14.2. The molecule has 0 radical (unpaired) electrons. The number of nitro groups is 1. The van der Waals surface area contributed by atoms with Crippen molar-refractivity contribution < 1.29 is 43.7 Å². The molecule has 1 saturated carbocycles. The molecule has 6 rings (SSSR count). The number of fused-ring (bicyclic) bond motifs is 2. The van der Waals surface area contributed by atoms with Crippen LogP contribution in [0, 0.1) is 33.7 Å². The van der Waals surface area contributed by atoms with E-state index in [2.05, 4.69) is 12.7 Å². The van der Waals surface area contributed by atoms with Crippen molar-refractivity contribution in [2.75, 3.05) is 19.8 Å². The molecule has 0 saturated heterocycles. The Bertz CT molecular complexity index is 2080. The highest BCUT2D eigenvalue weighted by molar-refractivity contribution is 6.03. The number of hydrogen-bond acceptors (Lipinski definition) is 10. The monoisotopic (exact) mass is 825 g/mol. The number of rotatable bonds is 18. The van der Waals surface area contributed by atoms with Crippen molar-refractivity contribution in [3.8, 4) is 11.5 Å². The number of aliphatic hydroxyl groups is 2.